The SMILES string of the molecule is O=C(O)C(Cc1cccc(Br)c1)Cc1cc(Br)cs1. The third kappa shape index (κ3) is 4.44. The molecule has 100 valence electrons. The highest BCUT2D eigenvalue weighted by molar-refractivity contribution is 9.10. The fraction of sp³-hybridized carbons (Fsp3) is 0.214. The van der Waals surface area contributed by atoms with Gasteiger partial charge in [-0.25, -0.2) is 0 Å². The summed E-state index contributed by atoms with van der Waals surface area (Å²) in [5.41, 5.74) is 1.04. The summed E-state index contributed by atoms with van der Waals surface area (Å²) < 4.78 is 1.99. The normalized spacial score (nSPS) is 12.3. The Bertz CT molecular complexity index is 580. The van der Waals surface area contributed by atoms with E-state index in [0.717, 1.165) is 19.4 Å². The molecule has 0 aliphatic carbocycles. The molecule has 1 N–H and O–H groups in total. The predicted octanol–water partition coefficient (Wildman–Crippen LogP) is 4.76. The Morgan fingerprint density at radius 2 is 2.00 bits per heavy atom. The van der Waals surface area contributed by atoms with Crippen LogP contribution in [0.2, 0.25) is 0 Å². The maximum Gasteiger partial charge on any atom is 0.307 e. The predicted molar refractivity (Wildman–Crippen MR) is 84.7 cm³/mol. The summed E-state index contributed by atoms with van der Waals surface area (Å²) >= 11 is 8.39. The molecule has 0 bridgehead atoms. The van der Waals surface area contributed by atoms with Crippen LogP contribution >= 0.6 is 43.2 Å². The molecule has 1 aromatic carbocycles. The fourth-order valence-corrected chi connectivity index (χ4v) is 3.88. The molecule has 1 atom stereocenters. The molecule has 2 nitrogen and oxygen atoms in total. The van der Waals surface area contributed by atoms with Crippen molar-refractivity contribution in [1.29, 1.82) is 0 Å². The summed E-state index contributed by atoms with van der Waals surface area (Å²) in [7, 11) is 0. The van der Waals surface area contributed by atoms with Crippen molar-refractivity contribution in [3.63, 3.8) is 0 Å². The van der Waals surface area contributed by atoms with Gasteiger partial charge >= 0.3 is 5.97 Å². The van der Waals surface area contributed by atoms with Crippen molar-refractivity contribution in [2.75, 3.05) is 0 Å². The highest BCUT2D eigenvalue weighted by atomic mass is 79.9. The van der Waals surface area contributed by atoms with Gasteiger partial charge in [-0.3, -0.25) is 4.79 Å². The number of thiophene rings is 1. The summed E-state index contributed by atoms with van der Waals surface area (Å²) in [6.07, 6.45) is 1.11. The number of aliphatic carboxylic acids is 1. The molecule has 0 amide bonds. The van der Waals surface area contributed by atoms with Crippen LogP contribution in [0.5, 0.6) is 0 Å². The number of carboxylic acids is 1. The number of carboxylic acid groups (broad SMARTS) is 1. The molecule has 19 heavy (non-hydrogen) atoms. The van der Waals surface area contributed by atoms with Crippen LogP contribution in [-0.4, -0.2) is 11.1 Å². The molecule has 2 aromatic rings. The summed E-state index contributed by atoms with van der Waals surface area (Å²) in [5.74, 6) is -1.13. The van der Waals surface area contributed by atoms with E-state index in [0.29, 0.717) is 12.8 Å². The van der Waals surface area contributed by atoms with Gasteiger partial charge in [-0.15, -0.1) is 11.3 Å². The second kappa shape index (κ2) is 6.68. The van der Waals surface area contributed by atoms with Gasteiger partial charge in [0.25, 0.3) is 0 Å². The summed E-state index contributed by atoms with van der Waals surface area (Å²) in [6.45, 7) is 0. The Labute approximate surface area is 132 Å². The largest absolute Gasteiger partial charge is 0.481 e. The van der Waals surface area contributed by atoms with Gasteiger partial charge in [-0.2, -0.15) is 0 Å². The van der Waals surface area contributed by atoms with Gasteiger partial charge in [0, 0.05) is 19.2 Å². The van der Waals surface area contributed by atoms with Gasteiger partial charge in [0.2, 0.25) is 0 Å². The third-order valence-corrected chi connectivity index (χ3v) is 5.00. The first kappa shape index (κ1) is 14.8. The minimum atomic E-state index is -0.746. The number of rotatable bonds is 5. The van der Waals surface area contributed by atoms with Crippen molar-refractivity contribution >= 4 is 49.2 Å². The van der Waals surface area contributed by atoms with E-state index in [1.807, 2.05) is 35.7 Å². The van der Waals surface area contributed by atoms with E-state index in [1.165, 1.54) is 0 Å². The molecule has 1 aromatic heterocycles. The quantitative estimate of drug-likeness (QED) is 0.781. The van der Waals surface area contributed by atoms with Crippen molar-refractivity contribution in [3.8, 4) is 0 Å². The minimum Gasteiger partial charge on any atom is -0.481 e. The number of hydrogen-bond acceptors (Lipinski definition) is 2. The van der Waals surface area contributed by atoms with Gasteiger partial charge in [0.05, 0.1) is 5.92 Å². The number of hydrogen-bond donors (Lipinski definition) is 1. The van der Waals surface area contributed by atoms with E-state index >= 15 is 0 Å². The molecule has 2 rings (SSSR count). The Morgan fingerprint density at radius 3 is 2.58 bits per heavy atom. The standard InChI is InChI=1S/C14H12Br2O2S/c15-11-3-1-2-9(5-11)4-10(14(17)18)6-13-7-12(16)8-19-13/h1-3,5,7-8,10H,4,6H2,(H,17,18). The molecule has 5 heteroatoms. The maximum atomic E-state index is 11.4. The highest BCUT2D eigenvalue weighted by Crippen LogP contribution is 2.24. The van der Waals surface area contributed by atoms with Crippen LogP contribution in [0.25, 0.3) is 0 Å². The van der Waals surface area contributed by atoms with Crippen LogP contribution in [0.1, 0.15) is 10.4 Å². The first-order valence-electron chi connectivity index (χ1n) is 5.75. The van der Waals surface area contributed by atoms with E-state index in [-0.39, 0.29) is 5.92 Å². The maximum absolute atomic E-state index is 11.4. The molecule has 0 saturated carbocycles. The van der Waals surface area contributed by atoms with Crippen molar-refractivity contribution in [2.45, 2.75) is 12.8 Å². The van der Waals surface area contributed by atoms with Crippen LogP contribution in [-0.2, 0) is 17.6 Å². The average molecular weight is 404 g/mol. The lowest BCUT2D eigenvalue weighted by Gasteiger charge is -2.11. The lowest BCUT2D eigenvalue weighted by molar-refractivity contribution is -0.141. The molecule has 0 aliphatic rings. The Balaban J connectivity index is 2.10. The molecule has 0 radical (unpaired) electrons. The van der Waals surface area contributed by atoms with E-state index in [2.05, 4.69) is 31.9 Å². The molecule has 1 unspecified atom stereocenters. The van der Waals surface area contributed by atoms with Crippen molar-refractivity contribution < 1.29 is 9.90 Å². The molecule has 0 spiro atoms. The topological polar surface area (TPSA) is 37.3 Å². The summed E-state index contributed by atoms with van der Waals surface area (Å²) in [5, 5.41) is 11.3. The molecular formula is C14H12Br2O2S. The average Bonchev–Trinajstić information content (AvgIpc) is 2.74. The van der Waals surface area contributed by atoms with Crippen LogP contribution in [0.4, 0.5) is 0 Å². The highest BCUT2D eigenvalue weighted by Gasteiger charge is 2.19. The first-order valence-corrected chi connectivity index (χ1v) is 8.21. The first-order chi connectivity index (χ1) is 9.04. The third-order valence-electron chi connectivity index (χ3n) is 2.79. The Morgan fingerprint density at radius 1 is 1.21 bits per heavy atom. The second-order valence-electron chi connectivity index (χ2n) is 4.30. The van der Waals surface area contributed by atoms with E-state index in [4.69, 9.17) is 0 Å². The van der Waals surface area contributed by atoms with Gasteiger partial charge in [-0.05, 0) is 52.5 Å². The molecule has 1 heterocycles. The van der Waals surface area contributed by atoms with Crippen molar-refractivity contribution in [2.24, 2.45) is 5.92 Å². The lowest BCUT2D eigenvalue weighted by atomic mass is 9.96. The van der Waals surface area contributed by atoms with E-state index in [9.17, 15) is 9.90 Å². The van der Waals surface area contributed by atoms with Gasteiger partial charge in [0.15, 0.2) is 0 Å². The summed E-state index contributed by atoms with van der Waals surface area (Å²) in [4.78, 5) is 12.5. The number of halogens is 2. The minimum absolute atomic E-state index is 0.389. The van der Waals surface area contributed by atoms with E-state index in [1.54, 1.807) is 11.3 Å². The van der Waals surface area contributed by atoms with E-state index < -0.39 is 5.97 Å². The number of benzene rings is 1. The zero-order valence-electron chi connectivity index (χ0n) is 9.98. The molecular weight excluding hydrogens is 392 g/mol. The zero-order chi connectivity index (χ0) is 13.8. The van der Waals surface area contributed by atoms with Crippen LogP contribution in [0.15, 0.2) is 44.7 Å². The fourth-order valence-electron chi connectivity index (χ4n) is 1.90. The smallest absolute Gasteiger partial charge is 0.307 e. The molecule has 0 aliphatic heterocycles. The monoisotopic (exact) mass is 402 g/mol. The van der Waals surface area contributed by atoms with Crippen LogP contribution in [0, 0.1) is 5.92 Å². The Hall–Kier alpha value is -0.650. The zero-order valence-corrected chi connectivity index (χ0v) is 14.0. The van der Waals surface area contributed by atoms with Gasteiger partial charge in [-0.1, -0.05) is 28.1 Å². The molecule has 0 fully saturated rings. The lowest BCUT2D eigenvalue weighted by Crippen LogP contribution is -2.18. The van der Waals surface area contributed by atoms with Gasteiger partial charge in [0.1, 0.15) is 0 Å². The number of carbonyl (C=O) groups is 1. The van der Waals surface area contributed by atoms with Crippen LogP contribution < -0.4 is 0 Å². The Kier molecular flexibility index (Phi) is 5.19. The second-order valence-corrected chi connectivity index (χ2v) is 7.13. The van der Waals surface area contributed by atoms with Crippen molar-refractivity contribution in [3.05, 3.63) is 55.1 Å². The summed E-state index contributed by atoms with van der Waals surface area (Å²) in [6, 6.07) is 9.79. The van der Waals surface area contributed by atoms with Crippen LogP contribution in [0.3, 0.4) is 0 Å². The van der Waals surface area contributed by atoms with Crippen molar-refractivity contribution in [1.82, 2.24) is 0 Å². The van der Waals surface area contributed by atoms with Gasteiger partial charge < -0.3 is 5.11 Å². The molecule has 0 saturated heterocycles.